The van der Waals surface area contributed by atoms with Gasteiger partial charge in [-0.15, -0.1) is 0 Å². The largest absolute Gasteiger partial charge is 0.502 e. The lowest BCUT2D eigenvalue weighted by Gasteiger charge is -2.28. The van der Waals surface area contributed by atoms with Crippen LogP contribution in [0.15, 0.2) is 63.8 Å². The number of ether oxygens (including phenoxy) is 2. The van der Waals surface area contributed by atoms with Crippen LogP contribution in [0.2, 0.25) is 0 Å². The van der Waals surface area contributed by atoms with Crippen LogP contribution < -0.4 is 10.2 Å². The number of fused-ring (bicyclic) bond motifs is 1. The number of benzene rings is 2. The van der Waals surface area contributed by atoms with E-state index >= 15 is 0 Å². The van der Waals surface area contributed by atoms with Gasteiger partial charge in [0.05, 0.1) is 26.0 Å². The number of alkyl halides is 2. The average Bonchev–Trinajstić information content (AvgIpc) is 2.84. The third-order valence-corrected chi connectivity index (χ3v) is 5.99. The van der Waals surface area contributed by atoms with Gasteiger partial charge in [0.2, 0.25) is 11.2 Å². The second-order valence-corrected chi connectivity index (χ2v) is 8.30. The van der Waals surface area contributed by atoms with Crippen LogP contribution in [-0.4, -0.2) is 36.2 Å². The third-order valence-electron chi connectivity index (χ3n) is 5.99. The summed E-state index contributed by atoms with van der Waals surface area (Å²) in [5, 5.41) is 10.6. The molecule has 2 aromatic carbocycles. The zero-order chi connectivity index (χ0) is 24.9. The maximum atomic E-state index is 12.7. The summed E-state index contributed by atoms with van der Waals surface area (Å²) in [6.07, 6.45) is 0.568. The van der Waals surface area contributed by atoms with E-state index in [2.05, 4.69) is 21.8 Å². The second-order valence-electron chi connectivity index (χ2n) is 8.30. The number of rotatable bonds is 8. The van der Waals surface area contributed by atoms with Gasteiger partial charge >= 0.3 is 12.6 Å². The van der Waals surface area contributed by atoms with Crippen LogP contribution in [0.3, 0.4) is 0 Å². The van der Waals surface area contributed by atoms with Crippen molar-refractivity contribution in [1.29, 1.82) is 0 Å². The summed E-state index contributed by atoms with van der Waals surface area (Å²) in [6.45, 7) is -1.28. The molecule has 35 heavy (non-hydrogen) atoms. The van der Waals surface area contributed by atoms with E-state index in [0.29, 0.717) is 24.4 Å². The Morgan fingerprint density at radius 1 is 1.14 bits per heavy atom. The van der Waals surface area contributed by atoms with E-state index in [-0.39, 0.29) is 17.9 Å². The fourth-order valence-electron chi connectivity index (χ4n) is 4.30. The number of halogens is 2. The van der Waals surface area contributed by atoms with Crippen LogP contribution in [-0.2, 0) is 29.0 Å². The number of aromatic hydroxyl groups is 1. The van der Waals surface area contributed by atoms with E-state index in [1.54, 1.807) is 6.07 Å². The number of nitrogens with zero attached hydrogens (tertiary/aromatic N) is 1. The van der Waals surface area contributed by atoms with Crippen LogP contribution >= 0.6 is 0 Å². The maximum absolute atomic E-state index is 12.7. The predicted molar refractivity (Wildman–Crippen MR) is 122 cm³/mol. The zero-order valence-corrected chi connectivity index (χ0v) is 19.1. The molecule has 0 amide bonds. The summed E-state index contributed by atoms with van der Waals surface area (Å²) in [6, 6.07) is 15.0. The number of esters is 1. The zero-order valence-electron chi connectivity index (χ0n) is 19.1. The highest BCUT2D eigenvalue weighted by Gasteiger charge is 2.28. The highest BCUT2D eigenvalue weighted by Crippen LogP contribution is 2.35. The molecule has 0 radical (unpaired) electrons. The molecule has 1 N–H and O–H groups in total. The minimum Gasteiger partial charge on any atom is -0.502 e. The third kappa shape index (κ3) is 5.86. The number of hydrogen-bond acceptors (Lipinski definition) is 7. The van der Waals surface area contributed by atoms with Gasteiger partial charge in [0, 0.05) is 19.2 Å². The minimum atomic E-state index is -3.03. The molecule has 9 heteroatoms. The first kappa shape index (κ1) is 24.4. The number of methoxy groups -OCH3 is 1. The monoisotopic (exact) mass is 485 g/mol. The fraction of sp³-hybridized carbons (Fsp3) is 0.308. The molecular weight excluding hydrogens is 460 g/mol. The summed E-state index contributed by atoms with van der Waals surface area (Å²) >= 11 is 0. The molecule has 184 valence electrons. The Morgan fingerprint density at radius 3 is 2.66 bits per heavy atom. The highest BCUT2D eigenvalue weighted by molar-refractivity contribution is 5.71. The Bertz CT molecular complexity index is 1260. The van der Waals surface area contributed by atoms with Crippen LogP contribution in [0, 0.1) is 0 Å². The average molecular weight is 485 g/mol. The Kier molecular flexibility index (Phi) is 7.45. The molecule has 1 aliphatic heterocycles. The van der Waals surface area contributed by atoms with Crippen molar-refractivity contribution < 1.29 is 32.6 Å². The molecule has 0 unspecified atom stereocenters. The predicted octanol–water partition coefficient (Wildman–Crippen LogP) is 4.20. The topological polar surface area (TPSA) is 89.2 Å². The van der Waals surface area contributed by atoms with Crippen LogP contribution in [0.4, 0.5) is 8.78 Å². The molecule has 1 atom stereocenters. The van der Waals surface area contributed by atoms with Crippen molar-refractivity contribution in [2.24, 2.45) is 0 Å². The molecule has 0 saturated heterocycles. The van der Waals surface area contributed by atoms with Gasteiger partial charge < -0.3 is 19.0 Å². The van der Waals surface area contributed by atoms with Crippen LogP contribution in [0.5, 0.6) is 11.5 Å². The molecule has 0 bridgehead atoms. The van der Waals surface area contributed by atoms with Crippen molar-refractivity contribution in [2.75, 3.05) is 13.7 Å². The molecule has 0 fully saturated rings. The van der Waals surface area contributed by atoms with Crippen molar-refractivity contribution in [3.63, 3.8) is 0 Å². The van der Waals surface area contributed by atoms with Crippen LogP contribution in [0.1, 0.15) is 40.5 Å². The standard InChI is InChI=1S/C26H25F2NO6/c1-33-23(31)13-21(17-7-4-8-19(11-17)35-26(27)28)25-24(32)22(30)12-20(34-25)15-29-10-9-16-5-2-3-6-18(16)14-29/h2-8,11-12,21,26,32H,9-10,13-15H2,1H3/t21-/m1/s1. The second kappa shape index (κ2) is 10.7. The lowest BCUT2D eigenvalue weighted by molar-refractivity contribution is -0.141. The Labute approximate surface area is 200 Å². The molecule has 7 nitrogen and oxygen atoms in total. The Balaban J connectivity index is 1.67. The molecule has 1 aromatic heterocycles. The van der Waals surface area contributed by atoms with Gasteiger partial charge in [-0.3, -0.25) is 14.5 Å². The van der Waals surface area contributed by atoms with E-state index in [0.717, 1.165) is 13.0 Å². The summed E-state index contributed by atoms with van der Waals surface area (Å²) in [5.41, 5.74) is 2.16. The van der Waals surface area contributed by atoms with Crippen molar-refractivity contribution >= 4 is 5.97 Å². The van der Waals surface area contributed by atoms with E-state index in [4.69, 9.17) is 9.15 Å². The lowest BCUT2D eigenvalue weighted by atomic mass is 9.92. The first-order valence-corrected chi connectivity index (χ1v) is 11.1. The first-order chi connectivity index (χ1) is 16.8. The van der Waals surface area contributed by atoms with Crippen molar-refractivity contribution in [1.82, 2.24) is 4.90 Å². The molecule has 2 heterocycles. The van der Waals surface area contributed by atoms with E-state index < -0.39 is 29.7 Å². The molecule has 1 aliphatic rings. The molecule has 0 saturated carbocycles. The lowest BCUT2D eigenvalue weighted by Crippen LogP contribution is -2.30. The normalized spacial score (nSPS) is 14.4. The van der Waals surface area contributed by atoms with Gasteiger partial charge in [0.25, 0.3) is 0 Å². The SMILES string of the molecule is COC(=O)C[C@H](c1cccc(OC(F)F)c1)c1oc(CN2CCc3ccccc3C2)cc(=O)c1O. The van der Waals surface area contributed by atoms with E-state index in [9.17, 15) is 23.5 Å². The first-order valence-electron chi connectivity index (χ1n) is 11.1. The van der Waals surface area contributed by atoms with Gasteiger partial charge in [-0.25, -0.2) is 0 Å². The van der Waals surface area contributed by atoms with Crippen molar-refractivity contribution in [3.8, 4) is 11.5 Å². The molecule has 0 spiro atoms. The van der Waals surface area contributed by atoms with Gasteiger partial charge in [-0.2, -0.15) is 8.78 Å². The van der Waals surface area contributed by atoms with Gasteiger partial charge in [0.15, 0.2) is 5.76 Å². The van der Waals surface area contributed by atoms with E-state index in [1.807, 2.05) is 12.1 Å². The summed E-state index contributed by atoms with van der Waals surface area (Å²) in [4.78, 5) is 26.9. The minimum absolute atomic E-state index is 0.127. The van der Waals surface area contributed by atoms with Gasteiger partial charge in [-0.1, -0.05) is 36.4 Å². The molecule has 0 aliphatic carbocycles. The van der Waals surface area contributed by atoms with E-state index in [1.165, 1.54) is 42.5 Å². The summed E-state index contributed by atoms with van der Waals surface area (Å²) in [5.74, 6) is -2.18. The highest BCUT2D eigenvalue weighted by atomic mass is 19.3. The number of hydrogen-bond donors (Lipinski definition) is 1. The summed E-state index contributed by atoms with van der Waals surface area (Å²) < 4.78 is 40.7. The molecular formula is C26H25F2NO6. The number of carbonyl (C=O) groups is 1. The molecule has 3 aromatic rings. The van der Waals surface area contributed by atoms with Gasteiger partial charge in [0.1, 0.15) is 11.5 Å². The smallest absolute Gasteiger partial charge is 0.387 e. The van der Waals surface area contributed by atoms with Crippen LogP contribution in [0.25, 0.3) is 0 Å². The Hall–Kier alpha value is -3.72. The maximum Gasteiger partial charge on any atom is 0.387 e. The van der Waals surface area contributed by atoms with Crippen molar-refractivity contribution in [3.05, 3.63) is 93.0 Å². The Morgan fingerprint density at radius 2 is 1.91 bits per heavy atom. The quantitative estimate of drug-likeness (QED) is 0.479. The van der Waals surface area contributed by atoms with Gasteiger partial charge in [-0.05, 0) is 35.2 Å². The molecule has 4 rings (SSSR count). The number of carbonyl (C=O) groups excluding carboxylic acids is 1. The van der Waals surface area contributed by atoms with Crippen molar-refractivity contribution in [2.45, 2.75) is 38.5 Å². The summed E-state index contributed by atoms with van der Waals surface area (Å²) in [7, 11) is 1.20. The fourth-order valence-corrected chi connectivity index (χ4v) is 4.30.